The Labute approximate surface area is 165 Å². The summed E-state index contributed by atoms with van der Waals surface area (Å²) in [5.41, 5.74) is 1.79. The molecule has 0 fully saturated rings. The van der Waals surface area contributed by atoms with E-state index in [1.54, 1.807) is 30.3 Å². The van der Waals surface area contributed by atoms with Crippen LogP contribution in [0.4, 0.5) is 5.69 Å². The molecular weight excluding hydrogens is 397 g/mol. The molecule has 0 bridgehead atoms. The van der Waals surface area contributed by atoms with E-state index in [2.05, 4.69) is 4.74 Å². The van der Waals surface area contributed by atoms with Gasteiger partial charge in [0.05, 0.1) is 28.4 Å². The van der Waals surface area contributed by atoms with Crippen molar-refractivity contribution in [3.8, 4) is 0 Å². The zero-order valence-electron chi connectivity index (χ0n) is 14.3. The number of benzene rings is 2. The van der Waals surface area contributed by atoms with Gasteiger partial charge in [-0.1, -0.05) is 35.3 Å². The van der Waals surface area contributed by atoms with Gasteiger partial charge < -0.3 is 4.74 Å². The third-order valence-corrected chi connectivity index (χ3v) is 5.74. The molecule has 1 N–H and O–H groups in total. The molecule has 0 aliphatic rings. The number of ether oxygens (including phenoxy) is 1. The Morgan fingerprint density at radius 3 is 2.46 bits per heavy atom. The smallest absolute Gasteiger partial charge is 0.337 e. The second-order valence-electron chi connectivity index (χ2n) is 5.70. The minimum absolute atomic E-state index is 0.250. The number of hydrogen-bond acceptors (Lipinski definition) is 3. The SMILES string of the molecule is COC(=O)c1ccc(N(C(C)CCc2cccc(Cl)c2Cl)S(=O)O)cc1. The van der Waals surface area contributed by atoms with Gasteiger partial charge in [0.1, 0.15) is 0 Å². The van der Waals surface area contributed by atoms with Crippen molar-refractivity contribution in [1.29, 1.82) is 0 Å². The van der Waals surface area contributed by atoms with Crippen LogP contribution in [0.3, 0.4) is 0 Å². The van der Waals surface area contributed by atoms with Crippen LogP contribution >= 0.6 is 23.2 Å². The molecule has 0 radical (unpaired) electrons. The maximum atomic E-state index is 11.8. The van der Waals surface area contributed by atoms with E-state index in [1.165, 1.54) is 11.4 Å². The normalized spacial score (nSPS) is 13.1. The first-order valence-corrected chi connectivity index (χ1v) is 9.68. The minimum Gasteiger partial charge on any atom is -0.465 e. The van der Waals surface area contributed by atoms with Gasteiger partial charge in [-0.15, -0.1) is 0 Å². The number of aryl methyl sites for hydroxylation is 1. The molecule has 0 saturated carbocycles. The zero-order valence-corrected chi connectivity index (χ0v) is 16.6. The Kier molecular flexibility index (Phi) is 7.46. The van der Waals surface area contributed by atoms with Gasteiger partial charge in [-0.2, -0.15) is 0 Å². The highest BCUT2D eigenvalue weighted by molar-refractivity contribution is 7.80. The first-order chi connectivity index (χ1) is 12.3. The fourth-order valence-electron chi connectivity index (χ4n) is 2.58. The molecule has 0 heterocycles. The highest BCUT2D eigenvalue weighted by Crippen LogP contribution is 2.28. The molecule has 0 amide bonds. The summed E-state index contributed by atoms with van der Waals surface area (Å²) >= 11 is 10.0. The van der Waals surface area contributed by atoms with Gasteiger partial charge in [0, 0.05) is 6.04 Å². The standard InChI is InChI=1S/C18H19Cl2NO4S/c1-12(6-7-13-4-3-5-16(19)17(13)20)21(26(23)24)15-10-8-14(9-11-15)18(22)25-2/h3-5,8-12H,6-7H2,1-2H3,(H,23,24). The summed E-state index contributed by atoms with van der Waals surface area (Å²) in [6.45, 7) is 1.85. The average Bonchev–Trinajstić information content (AvgIpc) is 2.62. The molecule has 5 nitrogen and oxygen atoms in total. The molecule has 0 aliphatic heterocycles. The van der Waals surface area contributed by atoms with E-state index in [0.717, 1.165) is 5.56 Å². The molecule has 0 spiro atoms. The van der Waals surface area contributed by atoms with Gasteiger partial charge in [0.25, 0.3) is 11.3 Å². The highest BCUT2D eigenvalue weighted by Gasteiger charge is 2.21. The fraction of sp³-hybridized carbons (Fsp3) is 0.278. The topological polar surface area (TPSA) is 66.8 Å². The monoisotopic (exact) mass is 415 g/mol. The molecule has 2 aromatic rings. The Hall–Kier alpha value is -1.60. The Bertz CT molecular complexity index is 798. The van der Waals surface area contributed by atoms with Crippen molar-refractivity contribution >= 4 is 46.1 Å². The summed E-state index contributed by atoms with van der Waals surface area (Å²) in [5.74, 6) is -0.461. The number of esters is 1. The molecular formula is C18H19Cl2NO4S. The van der Waals surface area contributed by atoms with Crippen molar-refractivity contribution in [3.05, 3.63) is 63.6 Å². The lowest BCUT2D eigenvalue weighted by molar-refractivity contribution is 0.0601. The van der Waals surface area contributed by atoms with Crippen LogP contribution in [0.2, 0.25) is 10.0 Å². The molecule has 26 heavy (non-hydrogen) atoms. The molecule has 140 valence electrons. The van der Waals surface area contributed by atoms with E-state index in [-0.39, 0.29) is 6.04 Å². The number of hydrogen-bond donors (Lipinski definition) is 1. The average molecular weight is 416 g/mol. The van der Waals surface area contributed by atoms with E-state index in [0.29, 0.717) is 34.1 Å². The van der Waals surface area contributed by atoms with Gasteiger partial charge in [-0.25, -0.2) is 9.00 Å². The Balaban J connectivity index is 2.14. The van der Waals surface area contributed by atoms with Crippen LogP contribution in [0.5, 0.6) is 0 Å². The molecule has 0 aliphatic carbocycles. The summed E-state index contributed by atoms with van der Waals surface area (Å²) in [6.07, 6.45) is 1.19. The van der Waals surface area contributed by atoms with E-state index in [9.17, 15) is 13.6 Å². The van der Waals surface area contributed by atoms with Gasteiger partial charge in [-0.05, 0) is 55.7 Å². The summed E-state index contributed by atoms with van der Waals surface area (Å²) in [4.78, 5) is 11.5. The molecule has 2 aromatic carbocycles. The van der Waals surface area contributed by atoms with Crippen LogP contribution < -0.4 is 4.31 Å². The van der Waals surface area contributed by atoms with Crippen LogP contribution in [0, 0.1) is 0 Å². The number of methoxy groups -OCH3 is 1. The lowest BCUT2D eigenvalue weighted by atomic mass is 10.1. The number of nitrogens with zero attached hydrogens (tertiary/aromatic N) is 1. The van der Waals surface area contributed by atoms with Gasteiger partial charge in [0.15, 0.2) is 0 Å². The third kappa shape index (κ3) is 4.98. The second kappa shape index (κ2) is 9.37. The van der Waals surface area contributed by atoms with Gasteiger partial charge >= 0.3 is 5.97 Å². The maximum Gasteiger partial charge on any atom is 0.337 e. The number of anilines is 1. The van der Waals surface area contributed by atoms with Crippen LogP contribution in [0.25, 0.3) is 0 Å². The van der Waals surface area contributed by atoms with Crippen molar-refractivity contribution in [1.82, 2.24) is 0 Å². The van der Waals surface area contributed by atoms with Gasteiger partial charge in [-0.3, -0.25) is 8.86 Å². The van der Waals surface area contributed by atoms with Crippen molar-refractivity contribution in [3.63, 3.8) is 0 Å². The lowest BCUT2D eigenvalue weighted by Gasteiger charge is -2.27. The minimum atomic E-state index is -2.21. The first-order valence-electron chi connectivity index (χ1n) is 7.86. The van der Waals surface area contributed by atoms with Crippen LogP contribution in [0.1, 0.15) is 29.3 Å². The predicted octanol–water partition coefficient (Wildman–Crippen LogP) is 4.74. The predicted molar refractivity (Wildman–Crippen MR) is 105 cm³/mol. The van der Waals surface area contributed by atoms with E-state index in [4.69, 9.17) is 23.2 Å². The van der Waals surface area contributed by atoms with Crippen LogP contribution in [0.15, 0.2) is 42.5 Å². The van der Waals surface area contributed by atoms with Crippen molar-refractivity contribution in [2.75, 3.05) is 11.4 Å². The Morgan fingerprint density at radius 1 is 1.23 bits per heavy atom. The highest BCUT2D eigenvalue weighted by atomic mass is 35.5. The molecule has 2 atom stereocenters. The van der Waals surface area contributed by atoms with Crippen molar-refractivity contribution < 1.29 is 18.3 Å². The lowest BCUT2D eigenvalue weighted by Crippen LogP contribution is -2.35. The summed E-state index contributed by atoms with van der Waals surface area (Å²) < 4.78 is 27.6. The van der Waals surface area contributed by atoms with E-state index >= 15 is 0 Å². The largest absolute Gasteiger partial charge is 0.465 e. The zero-order chi connectivity index (χ0) is 19.3. The van der Waals surface area contributed by atoms with Crippen molar-refractivity contribution in [2.24, 2.45) is 0 Å². The van der Waals surface area contributed by atoms with Crippen LogP contribution in [-0.4, -0.2) is 27.9 Å². The Morgan fingerprint density at radius 2 is 1.88 bits per heavy atom. The molecule has 0 aromatic heterocycles. The van der Waals surface area contributed by atoms with Crippen molar-refractivity contribution in [2.45, 2.75) is 25.8 Å². The van der Waals surface area contributed by atoms with E-state index in [1.807, 2.05) is 19.1 Å². The molecule has 0 saturated heterocycles. The number of halogens is 2. The van der Waals surface area contributed by atoms with E-state index < -0.39 is 17.2 Å². The number of carbonyl (C=O) groups excluding carboxylic acids is 1. The quantitative estimate of drug-likeness (QED) is 0.523. The molecule has 8 heteroatoms. The maximum absolute atomic E-state index is 11.8. The third-order valence-electron chi connectivity index (χ3n) is 3.97. The summed E-state index contributed by atoms with van der Waals surface area (Å²) in [5, 5.41) is 0.985. The summed E-state index contributed by atoms with van der Waals surface area (Å²) in [7, 11) is 1.30. The van der Waals surface area contributed by atoms with Gasteiger partial charge in [0.2, 0.25) is 0 Å². The first kappa shape index (κ1) is 20.7. The molecule has 2 rings (SSSR count). The summed E-state index contributed by atoms with van der Waals surface area (Å²) in [6, 6.07) is 11.5. The van der Waals surface area contributed by atoms with Crippen LogP contribution in [-0.2, 0) is 22.4 Å². The number of carbonyl (C=O) groups is 1. The molecule has 2 unspecified atom stereocenters. The fourth-order valence-corrected chi connectivity index (χ4v) is 3.71. The number of rotatable bonds is 7. The second-order valence-corrected chi connectivity index (χ2v) is 7.34.